The van der Waals surface area contributed by atoms with Gasteiger partial charge >= 0.3 is 0 Å². The van der Waals surface area contributed by atoms with Gasteiger partial charge in [0, 0.05) is 19.8 Å². The Morgan fingerprint density at radius 2 is 0.909 bits per heavy atom. The van der Waals surface area contributed by atoms with Gasteiger partial charge in [-0.05, 0) is 19.9 Å². The van der Waals surface area contributed by atoms with Crippen LogP contribution in [-0.4, -0.2) is 39.3 Å². The third-order valence-corrected chi connectivity index (χ3v) is 6.52. The van der Waals surface area contributed by atoms with Gasteiger partial charge in [0.1, 0.15) is 0 Å². The summed E-state index contributed by atoms with van der Waals surface area (Å²) in [6.07, 6.45) is 30.7. The van der Waals surface area contributed by atoms with E-state index in [9.17, 15) is 4.79 Å². The van der Waals surface area contributed by atoms with E-state index < -0.39 is 0 Å². The highest BCUT2D eigenvalue weighted by molar-refractivity contribution is 5.77. The van der Waals surface area contributed by atoms with E-state index in [0.717, 1.165) is 19.6 Å². The SMILES string of the molecule is CCCCCCCCCCCCCCCCCCCCCCCOCCCNC(=O)CNC. The van der Waals surface area contributed by atoms with Crippen molar-refractivity contribution in [2.45, 2.75) is 148 Å². The molecule has 0 aliphatic carbocycles. The normalized spacial score (nSPS) is 11.2. The second-order valence-electron chi connectivity index (χ2n) is 9.92. The number of amides is 1. The molecule has 33 heavy (non-hydrogen) atoms. The van der Waals surface area contributed by atoms with E-state index in [1.165, 1.54) is 135 Å². The quantitative estimate of drug-likeness (QED) is 0.115. The summed E-state index contributed by atoms with van der Waals surface area (Å²) < 4.78 is 5.65. The molecule has 0 heterocycles. The van der Waals surface area contributed by atoms with Crippen LogP contribution in [0.15, 0.2) is 0 Å². The van der Waals surface area contributed by atoms with Gasteiger partial charge in [-0.3, -0.25) is 4.79 Å². The molecule has 1 amide bonds. The highest BCUT2D eigenvalue weighted by atomic mass is 16.5. The van der Waals surface area contributed by atoms with Crippen LogP contribution in [0.1, 0.15) is 148 Å². The summed E-state index contributed by atoms with van der Waals surface area (Å²) in [5.41, 5.74) is 0. The molecule has 0 bridgehead atoms. The molecule has 4 heteroatoms. The highest BCUT2D eigenvalue weighted by Gasteiger charge is 1.98. The number of hydrogen-bond donors (Lipinski definition) is 2. The smallest absolute Gasteiger partial charge is 0.233 e. The van der Waals surface area contributed by atoms with Gasteiger partial charge in [-0.15, -0.1) is 0 Å². The number of carbonyl (C=O) groups is 1. The van der Waals surface area contributed by atoms with Crippen molar-refractivity contribution in [1.82, 2.24) is 10.6 Å². The number of unbranched alkanes of at least 4 members (excludes halogenated alkanes) is 20. The van der Waals surface area contributed by atoms with Gasteiger partial charge in [0.15, 0.2) is 0 Å². The van der Waals surface area contributed by atoms with Crippen molar-refractivity contribution in [3.05, 3.63) is 0 Å². The molecule has 2 N–H and O–H groups in total. The average molecular weight is 469 g/mol. The van der Waals surface area contributed by atoms with Gasteiger partial charge in [-0.25, -0.2) is 0 Å². The maximum absolute atomic E-state index is 11.3. The lowest BCUT2D eigenvalue weighted by molar-refractivity contribution is -0.120. The third kappa shape index (κ3) is 29.4. The Morgan fingerprint density at radius 1 is 0.545 bits per heavy atom. The number of nitrogens with one attached hydrogen (secondary N) is 2. The maximum atomic E-state index is 11.3. The molecule has 0 unspecified atom stereocenters. The third-order valence-electron chi connectivity index (χ3n) is 6.52. The molecule has 0 rings (SSSR count). The number of rotatable bonds is 28. The van der Waals surface area contributed by atoms with Crippen LogP contribution in [0.3, 0.4) is 0 Å². The standard InChI is InChI=1S/C29H60N2O2/c1-3-4-5-6-7-8-9-10-11-12-13-14-15-16-17-18-19-20-21-22-23-26-33-27-24-25-31-29(32)28-30-2/h30H,3-28H2,1-2H3,(H,31,32). The van der Waals surface area contributed by atoms with Crippen LogP contribution in [-0.2, 0) is 9.53 Å². The molecule has 0 saturated heterocycles. The average Bonchev–Trinajstić information content (AvgIpc) is 2.81. The van der Waals surface area contributed by atoms with Gasteiger partial charge in [-0.1, -0.05) is 135 Å². The zero-order chi connectivity index (χ0) is 24.1. The minimum atomic E-state index is 0.0573. The van der Waals surface area contributed by atoms with Gasteiger partial charge in [0.05, 0.1) is 6.54 Å². The summed E-state index contributed by atoms with van der Waals surface area (Å²) in [6, 6.07) is 0. The Hall–Kier alpha value is -0.610. The van der Waals surface area contributed by atoms with E-state index >= 15 is 0 Å². The van der Waals surface area contributed by atoms with Crippen molar-refractivity contribution in [1.29, 1.82) is 0 Å². The largest absolute Gasteiger partial charge is 0.381 e. The topological polar surface area (TPSA) is 50.4 Å². The van der Waals surface area contributed by atoms with E-state index in [1.807, 2.05) is 0 Å². The summed E-state index contributed by atoms with van der Waals surface area (Å²) in [7, 11) is 1.78. The fourth-order valence-electron chi connectivity index (χ4n) is 4.36. The van der Waals surface area contributed by atoms with Gasteiger partial charge < -0.3 is 15.4 Å². The first-order valence-electron chi connectivity index (χ1n) is 14.8. The van der Waals surface area contributed by atoms with E-state index in [0.29, 0.717) is 13.1 Å². The lowest BCUT2D eigenvalue weighted by atomic mass is 10.0. The lowest BCUT2D eigenvalue weighted by Gasteiger charge is -2.06. The fourth-order valence-corrected chi connectivity index (χ4v) is 4.36. The Kier molecular flexibility index (Phi) is 28.9. The molecule has 0 fully saturated rings. The van der Waals surface area contributed by atoms with Crippen LogP contribution in [0.4, 0.5) is 0 Å². The fraction of sp³-hybridized carbons (Fsp3) is 0.966. The van der Waals surface area contributed by atoms with Crippen LogP contribution < -0.4 is 10.6 Å². The molecule has 0 aromatic carbocycles. The molecule has 0 radical (unpaired) electrons. The van der Waals surface area contributed by atoms with Crippen LogP contribution in [0.25, 0.3) is 0 Å². The van der Waals surface area contributed by atoms with Gasteiger partial charge in [0.25, 0.3) is 0 Å². The number of likely N-dealkylation sites (N-methyl/N-ethyl adjacent to an activating group) is 1. The molecular formula is C29H60N2O2. The Morgan fingerprint density at radius 3 is 1.30 bits per heavy atom. The van der Waals surface area contributed by atoms with Crippen LogP contribution in [0.2, 0.25) is 0 Å². The van der Waals surface area contributed by atoms with Crippen molar-refractivity contribution < 1.29 is 9.53 Å². The van der Waals surface area contributed by atoms with Crippen molar-refractivity contribution in [3.8, 4) is 0 Å². The minimum absolute atomic E-state index is 0.0573. The minimum Gasteiger partial charge on any atom is -0.381 e. The summed E-state index contributed by atoms with van der Waals surface area (Å²) in [5.74, 6) is 0.0573. The maximum Gasteiger partial charge on any atom is 0.233 e. The van der Waals surface area contributed by atoms with Crippen LogP contribution >= 0.6 is 0 Å². The van der Waals surface area contributed by atoms with Crippen LogP contribution in [0.5, 0.6) is 0 Å². The zero-order valence-corrected chi connectivity index (χ0v) is 22.7. The molecule has 0 spiro atoms. The summed E-state index contributed by atoms with van der Waals surface area (Å²) >= 11 is 0. The van der Waals surface area contributed by atoms with E-state index in [1.54, 1.807) is 7.05 Å². The second-order valence-corrected chi connectivity index (χ2v) is 9.92. The number of carbonyl (C=O) groups excluding carboxylic acids is 1. The van der Waals surface area contributed by atoms with Crippen LogP contribution in [0, 0.1) is 0 Å². The molecule has 0 aliphatic heterocycles. The van der Waals surface area contributed by atoms with E-state index in [-0.39, 0.29) is 5.91 Å². The van der Waals surface area contributed by atoms with Crippen molar-refractivity contribution in [2.75, 3.05) is 33.4 Å². The van der Waals surface area contributed by atoms with Crippen molar-refractivity contribution in [3.63, 3.8) is 0 Å². The first-order chi connectivity index (χ1) is 16.3. The zero-order valence-electron chi connectivity index (χ0n) is 22.7. The second kappa shape index (κ2) is 29.4. The van der Waals surface area contributed by atoms with E-state index in [2.05, 4.69) is 17.6 Å². The molecular weight excluding hydrogens is 408 g/mol. The van der Waals surface area contributed by atoms with Gasteiger partial charge in [0.2, 0.25) is 5.91 Å². The van der Waals surface area contributed by atoms with Crippen molar-refractivity contribution in [2.24, 2.45) is 0 Å². The monoisotopic (exact) mass is 468 g/mol. The molecule has 0 atom stereocenters. The molecule has 198 valence electrons. The molecule has 0 aliphatic rings. The van der Waals surface area contributed by atoms with E-state index in [4.69, 9.17) is 4.74 Å². The van der Waals surface area contributed by atoms with Gasteiger partial charge in [-0.2, -0.15) is 0 Å². The molecule has 0 aromatic heterocycles. The number of hydrogen-bond acceptors (Lipinski definition) is 3. The first kappa shape index (κ1) is 32.4. The predicted molar refractivity (Wildman–Crippen MR) is 145 cm³/mol. The Balaban J connectivity index is 3.03. The predicted octanol–water partition coefficient (Wildman–Crippen LogP) is 7.94. The molecule has 0 saturated carbocycles. The Bertz CT molecular complexity index is 377. The summed E-state index contributed by atoms with van der Waals surface area (Å²) in [4.78, 5) is 11.3. The lowest BCUT2D eigenvalue weighted by Crippen LogP contribution is -2.33. The summed E-state index contributed by atoms with van der Waals surface area (Å²) in [6.45, 7) is 5.01. The Labute approximate surface area is 207 Å². The summed E-state index contributed by atoms with van der Waals surface area (Å²) in [5, 5.41) is 5.71. The molecule has 0 aromatic rings. The van der Waals surface area contributed by atoms with Crippen molar-refractivity contribution >= 4 is 5.91 Å². The molecule has 4 nitrogen and oxygen atoms in total. The number of ether oxygens (including phenoxy) is 1. The highest BCUT2D eigenvalue weighted by Crippen LogP contribution is 2.15. The first-order valence-corrected chi connectivity index (χ1v) is 14.8.